The fraction of sp³-hybridized carbons (Fsp3) is 0.167. The van der Waals surface area contributed by atoms with Crippen molar-refractivity contribution in [2.45, 2.75) is 6.92 Å². The third-order valence-corrected chi connectivity index (χ3v) is 5.06. The molecule has 0 saturated carbocycles. The van der Waals surface area contributed by atoms with Crippen LogP contribution in [0.25, 0.3) is 0 Å². The van der Waals surface area contributed by atoms with Gasteiger partial charge < -0.3 is 20.3 Å². The molecule has 0 radical (unpaired) electrons. The smallest absolute Gasteiger partial charge is 0.259 e. The van der Waals surface area contributed by atoms with Gasteiger partial charge in [0, 0.05) is 30.4 Å². The van der Waals surface area contributed by atoms with E-state index in [0.717, 1.165) is 24.2 Å². The first-order chi connectivity index (χ1) is 15.4. The molecule has 2 amide bonds. The highest BCUT2D eigenvalue weighted by Gasteiger charge is 2.22. The normalized spacial score (nSPS) is 12.1. The van der Waals surface area contributed by atoms with Gasteiger partial charge in [0.1, 0.15) is 17.4 Å². The van der Waals surface area contributed by atoms with Crippen molar-refractivity contribution >= 4 is 29.2 Å². The fourth-order valence-electron chi connectivity index (χ4n) is 3.10. The summed E-state index contributed by atoms with van der Waals surface area (Å²) in [5.41, 5.74) is 2.76. The summed E-state index contributed by atoms with van der Waals surface area (Å²) in [6, 6.07) is 15.3. The Balaban J connectivity index is 1.53. The molecule has 8 nitrogen and oxygen atoms in total. The van der Waals surface area contributed by atoms with Crippen molar-refractivity contribution in [3.63, 3.8) is 0 Å². The average Bonchev–Trinajstić information content (AvgIpc) is 3.66. The number of carbonyl (C=O) groups is 2. The lowest BCUT2D eigenvalue weighted by molar-refractivity contribution is 0.102. The van der Waals surface area contributed by atoms with Gasteiger partial charge in [0.2, 0.25) is 0 Å². The highest BCUT2D eigenvalue weighted by atomic mass is 16.5. The number of amidine groups is 1. The Morgan fingerprint density at radius 3 is 2.31 bits per heavy atom. The Hall–Kier alpha value is -4.20. The van der Waals surface area contributed by atoms with E-state index in [1.54, 1.807) is 54.7 Å². The number of carbonyl (C=O) groups excluding carboxylic acids is 2. The minimum atomic E-state index is -0.419. The van der Waals surface area contributed by atoms with Crippen molar-refractivity contribution in [2.75, 3.05) is 30.8 Å². The van der Waals surface area contributed by atoms with E-state index in [2.05, 4.69) is 15.6 Å². The maximum absolute atomic E-state index is 12.9. The summed E-state index contributed by atoms with van der Waals surface area (Å²) < 4.78 is 5.24. The number of anilines is 2. The van der Waals surface area contributed by atoms with Gasteiger partial charge in [0.05, 0.1) is 18.4 Å². The lowest BCUT2D eigenvalue weighted by Gasteiger charge is -2.13. The van der Waals surface area contributed by atoms with Gasteiger partial charge in [0.15, 0.2) is 0 Å². The van der Waals surface area contributed by atoms with Gasteiger partial charge in [-0.25, -0.2) is 4.98 Å². The van der Waals surface area contributed by atoms with Crippen molar-refractivity contribution in [3.8, 4) is 5.75 Å². The van der Waals surface area contributed by atoms with Crippen LogP contribution in [-0.2, 0) is 0 Å². The van der Waals surface area contributed by atoms with Gasteiger partial charge >= 0.3 is 0 Å². The quantitative estimate of drug-likeness (QED) is 0.316. The molecule has 3 aromatic rings. The summed E-state index contributed by atoms with van der Waals surface area (Å²) in [6.45, 7) is 3.69. The van der Waals surface area contributed by atoms with E-state index < -0.39 is 5.91 Å². The molecule has 1 aliphatic heterocycles. The molecule has 1 aromatic heterocycles. The SMILES string of the molecule is COc1ccc(NC(=O)c2ccc(C(=N)N3CC3)cc2)c(C(=O)Nc2ccc(C)cn2)c1. The Kier molecular flexibility index (Phi) is 5.85. The zero-order chi connectivity index (χ0) is 22.7. The van der Waals surface area contributed by atoms with Crippen LogP contribution in [0.2, 0.25) is 0 Å². The van der Waals surface area contributed by atoms with E-state index in [9.17, 15) is 9.59 Å². The molecule has 3 N–H and O–H groups in total. The molecule has 1 fully saturated rings. The van der Waals surface area contributed by atoms with Crippen molar-refractivity contribution in [1.82, 2.24) is 9.88 Å². The van der Waals surface area contributed by atoms with Gasteiger partial charge in [-0.15, -0.1) is 0 Å². The van der Waals surface area contributed by atoms with Gasteiger partial charge in [0.25, 0.3) is 11.8 Å². The number of aryl methyl sites for hydroxylation is 1. The van der Waals surface area contributed by atoms with E-state index in [-0.39, 0.29) is 11.5 Å². The van der Waals surface area contributed by atoms with E-state index in [0.29, 0.717) is 28.7 Å². The van der Waals surface area contributed by atoms with Crippen LogP contribution >= 0.6 is 0 Å². The van der Waals surface area contributed by atoms with E-state index >= 15 is 0 Å². The van der Waals surface area contributed by atoms with Crippen LogP contribution in [0, 0.1) is 12.3 Å². The monoisotopic (exact) mass is 429 g/mol. The summed E-state index contributed by atoms with van der Waals surface area (Å²) in [7, 11) is 1.51. The Bertz CT molecular complexity index is 1170. The third-order valence-electron chi connectivity index (χ3n) is 5.06. The molecule has 0 spiro atoms. The molecule has 32 heavy (non-hydrogen) atoms. The Morgan fingerprint density at radius 1 is 0.969 bits per heavy atom. The van der Waals surface area contributed by atoms with Crippen LogP contribution in [0.4, 0.5) is 11.5 Å². The van der Waals surface area contributed by atoms with Crippen molar-refractivity contribution in [3.05, 3.63) is 83.0 Å². The second-order valence-electron chi connectivity index (χ2n) is 7.45. The number of aromatic nitrogens is 1. The predicted octanol–water partition coefficient (Wildman–Crippen LogP) is 3.54. The van der Waals surface area contributed by atoms with Gasteiger partial charge in [-0.3, -0.25) is 15.0 Å². The molecular formula is C24H23N5O3. The van der Waals surface area contributed by atoms with Crippen molar-refractivity contribution < 1.29 is 14.3 Å². The van der Waals surface area contributed by atoms with E-state index in [1.807, 2.05) is 17.9 Å². The molecular weight excluding hydrogens is 406 g/mol. The first-order valence-electron chi connectivity index (χ1n) is 10.1. The van der Waals surface area contributed by atoms with E-state index in [1.165, 1.54) is 7.11 Å². The molecule has 2 heterocycles. The van der Waals surface area contributed by atoms with Gasteiger partial charge in [-0.2, -0.15) is 0 Å². The van der Waals surface area contributed by atoms with Gasteiger partial charge in [-0.1, -0.05) is 18.2 Å². The summed E-state index contributed by atoms with van der Waals surface area (Å²) in [5.74, 6) is 0.573. The highest BCUT2D eigenvalue weighted by molar-refractivity contribution is 6.12. The molecule has 2 aromatic carbocycles. The minimum Gasteiger partial charge on any atom is -0.497 e. The van der Waals surface area contributed by atoms with Crippen LogP contribution < -0.4 is 15.4 Å². The molecule has 0 atom stereocenters. The number of hydrogen-bond donors (Lipinski definition) is 3. The minimum absolute atomic E-state index is 0.250. The first kappa shape index (κ1) is 21.0. The number of hydrogen-bond acceptors (Lipinski definition) is 5. The predicted molar refractivity (Wildman–Crippen MR) is 123 cm³/mol. The summed E-state index contributed by atoms with van der Waals surface area (Å²) >= 11 is 0. The summed E-state index contributed by atoms with van der Waals surface area (Å²) in [5, 5.41) is 13.6. The zero-order valence-corrected chi connectivity index (χ0v) is 17.8. The van der Waals surface area contributed by atoms with Crippen LogP contribution in [0.1, 0.15) is 31.8 Å². The summed E-state index contributed by atoms with van der Waals surface area (Å²) in [4.78, 5) is 31.8. The first-order valence-corrected chi connectivity index (χ1v) is 10.1. The molecule has 0 aliphatic carbocycles. The Labute approximate surface area is 185 Å². The maximum atomic E-state index is 12.9. The third kappa shape index (κ3) is 4.75. The zero-order valence-electron chi connectivity index (χ0n) is 17.8. The Morgan fingerprint density at radius 2 is 1.69 bits per heavy atom. The number of ether oxygens (including phenoxy) is 1. The number of rotatable bonds is 6. The molecule has 0 unspecified atom stereocenters. The average molecular weight is 429 g/mol. The molecule has 162 valence electrons. The molecule has 1 saturated heterocycles. The number of nitrogens with one attached hydrogen (secondary N) is 3. The van der Waals surface area contributed by atoms with Crippen molar-refractivity contribution in [2.24, 2.45) is 0 Å². The number of pyridine rings is 1. The molecule has 0 bridgehead atoms. The number of benzene rings is 2. The summed E-state index contributed by atoms with van der Waals surface area (Å²) in [6.07, 6.45) is 1.66. The molecule has 1 aliphatic rings. The fourth-order valence-corrected chi connectivity index (χ4v) is 3.10. The van der Waals surface area contributed by atoms with Crippen LogP contribution in [0.3, 0.4) is 0 Å². The van der Waals surface area contributed by atoms with Crippen LogP contribution in [0.15, 0.2) is 60.8 Å². The lowest BCUT2D eigenvalue weighted by atomic mass is 10.1. The molecule has 8 heteroatoms. The topological polar surface area (TPSA) is 107 Å². The largest absolute Gasteiger partial charge is 0.497 e. The lowest BCUT2D eigenvalue weighted by Crippen LogP contribution is -2.19. The molecule has 4 rings (SSSR count). The number of methoxy groups -OCH3 is 1. The van der Waals surface area contributed by atoms with Crippen LogP contribution in [0.5, 0.6) is 5.75 Å². The number of amides is 2. The number of nitrogens with zero attached hydrogens (tertiary/aromatic N) is 2. The van der Waals surface area contributed by atoms with Crippen molar-refractivity contribution in [1.29, 1.82) is 5.41 Å². The maximum Gasteiger partial charge on any atom is 0.259 e. The van der Waals surface area contributed by atoms with E-state index in [4.69, 9.17) is 10.1 Å². The standard InChI is InChI=1S/C24H23N5O3/c1-15-3-10-21(26-14-15)28-24(31)19-13-18(32-2)8-9-20(19)27-23(30)17-6-4-16(5-7-17)22(25)29-11-12-29/h3-10,13-14,25H,11-12H2,1-2H3,(H,27,30)(H,26,28,31). The van der Waals surface area contributed by atoms with Crippen LogP contribution in [-0.4, -0.2) is 47.7 Å². The second kappa shape index (κ2) is 8.89. The van der Waals surface area contributed by atoms with Gasteiger partial charge in [-0.05, 0) is 48.9 Å². The second-order valence-corrected chi connectivity index (χ2v) is 7.45. The highest BCUT2D eigenvalue weighted by Crippen LogP contribution is 2.24.